The topological polar surface area (TPSA) is 146 Å². The van der Waals surface area contributed by atoms with Crippen LogP contribution in [0.1, 0.15) is 25.3 Å². The maximum atomic E-state index is 14.6. The van der Waals surface area contributed by atoms with Crippen LogP contribution in [0.3, 0.4) is 0 Å². The summed E-state index contributed by atoms with van der Waals surface area (Å²) in [4.78, 5) is 24.3. The number of nitrogens with one attached hydrogen (secondary N) is 4. The van der Waals surface area contributed by atoms with E-state index in [2.05, 4.69) is 35.2 Å². The lowest BCUT2D eigenvalue weighted by molar-refractivity contribution is -0.116. The number of pyridine rings is 2. The number of aromatic nitrogens is 5. The molecule has 4 aromatic heterocycles. The minimum atomic E-state index is -3.43. The second-order valence-electron chi connectivity index (χ2n) is 10.3. The number of hydrogen-bond acceptors (Lipinski definition) is 6. The van der Waals surface area contributed by atoms with Crippen molar-refractivity contribution in [3.63, 3.8) is 0 Å². The van der Waals surface area contributed by atoms with Gasteiger partial charge in [-0.1, -0.05) is 19.1 Å². The van der Waals surface area contributed by atoms with Gasteiger partial charge in [0.25, 0.3) is 0 Å². The van der Waals surface area contributed by atoms with E-state index in [9.17, 15) is 17.6 Å². The molecule has 0 saturated carbocycles. The zero-order valence-corrected chi connectivity index (χ0v) is 24.2. The maximum absolute atomic E-state index is 14.6. The van der Waals surface area contributed by atoms with Gasteiger partial charge in [0.1, 0.15) is 5.82 Å². The molecule has 4 N–H and O–H groups in total. The van der Waals surface area contributed by atoms with Crippen molar-refractivity contribution < 1.29 is 17.6 Å². The molecular formula is C31H28FN7O3S. The van der Waals surface area contributed by atoms with Gasteiger partial charge in [0.15, 0.2) is 5.65 Å². The number of nitrogens with zero attached hydrogens (tertiary/aromatic N) is 3. The smallest absolute Gasteiger partial charge is 0.224 e. The molecule has 6 aromatic rings. The number of carbonyl (C=O) groups is 1. The number of anilines is 1. The van der Waals surface area contributed by atoms with E-state index in [1.807, 2.05) is 43.3 Å². The van der Waals surface area contributed by atoms with Gasteiger partial charge in [-0.2, -0.15) is 5.10 Å². The molecule has 0 aliphatic heterocycles. The third kappa shape index (κ3) is 6.15. The monoisotopic (exact) mass is 597 g/mol. The van der Waals surface area contributed by atoms with Crippen LogP contribution in [0.25, 0.3) is 55.6 Å². The van der Waals surface area contributed by atoms with Gasteiger partial charge < -0.3 is 10.3 Å². The summed E-state index contributed by atoms with van der Waals surface area (Å²) >= 11 is 0. The van der Waals surface area contributed by atoms with E-state index in [-0.39, 0.29) is 12.5 Å². The van der Waals surface area contributed by atoms with Gasteiger partial charge >= 0.3 is 0 Å². The van der Waals surface area contributed by atoms with Gasteiger partial charge in [0, 0.05) is 52.8 Å². The molecular weight excluding hydrogens is 569 g/mol. The highest BCUT2D eigenvalue weighted by molar-refractivity contribution is 7.88. The predicted molar refractivity (Wildman–Crippen MR) is 165 cm³/mol. The minimum Gasteiger partial charge on any atom is -0.353 e. The molecule has 43 heavy (non-hydrogen) atoms. The normalized spacial score (nSPS) is 11.8. The number of rotatable bonds is 9. The lowest BCUT2D eigenvalue weighted by Gasteiger charge is -2.08. The molecule has 0 spiro atoms. The Labute approximate surface area is 246 Å². The second-order valence-corrected chi connectivity index (χ2v) is 12.2. The Kier molecular flexibility index (Phi) is 7.46. The fourth-order valence-corrected chi connectivity index (χ4v) is 5.47. The lowest BCUT2D eigenvalue weighted by Crippen LogP contribution is -2.21. The Hall–Kier alpha value is -4.94. The average Bonchev–Trinajstić information content (AvgIpc) is 3.59. The standard InChI is InChI=1S/C31H28FN7O3S/c1-3-5-29(40)36-23-11-20(15-33-17-23)21-12-26-30(38-39-31(26)34-16-21)28-13-25-24(6-4-7-27(25)37-28)19-8-18(9-22(32)10-19)14-35-43(2,41)42/h4,6-13,15-17,35,37H,3,5,14H2,1-2H3,(H,36,40)(H,34,38,39). The molecule has 2 aromatic carbocycles. The summed E-state index contributed by atoms with van der Waals surface area (Å²) in [7, 11) is -3.43. The third-order valence-electron chi connectivity index (χ3n) is 6.98. The van der Waals surface area contributed by atoms with Crippen LogP contribution in [-0.4, -0.2) is 45.7 Å². The molecule has 10 nitrogen and oxygen atoms in total. The van der Waals surface area contributed by atoms with Crippen LogP contribution in [-0.2, 0) is 21.4 Å². The molecule has 218 valence electrons. The fourth-order valence-electron chi connectivity index (χ4n) is 5.04. The molecule has 0 aliphatic carbocycles. The predicted octanol–water partition coefficient (Wildman–Crippen LogP) is 5.76. The van der Waals surface area contributed by atoms with E-state index in [0.29, 0.717) is 28.9 Å². The number of carbonyl (C=O) groups excluding carboxylic acids is 1. The zero-order valence-electron chi connectivity index (χ0n) is 23.4. The Bertz CT molecular complexity index is 2100. The second kappa shape index (κ2) is 11.4. The van der Waals surface area contributed by atoms with Crippen LogP contribution in [0.2, 0.25) is 0 Å². The molecule has 0 atom stereocenters. The van der Waals surface area contributed by atoms with Crippen molar-refractivity contribution >= 4 is 43.6 Å². The number of hydrogen-bond donors (Lipinski definition) is 4. The average molecular weight is 598 g/mol. The summed E-state index contributed by atoms with van der Waals surface area (Å²) in [6, 6.07) is 16.0. The number of sulfonamides is 1. The molecule has 0 unspecified atom stereocenters. The van der Waals surface area contributed by atoms with E-state index >= 15 is 0 Å². The Morgan fingerprint density at radius 2 is 1.81 bits per heavy atom. The SMILES string of the molecule is CCCC(=O)Nc1cncc(-c2cnc3n[nH]c(-c4cc5c(-c6cc(F)cc(CNS(C)(=O)=O)c6)cccc5[nH]4)c3c2)c1. The summed E-state index contributed by atoms with van der Waals surface area (Å²) in [5, 5.41) is 12.0. The van der Waals surface area contributed by atoms with Gasteiger partial charge in [0.05, 0.1) is 29.5 Å². The number of aromatic amines is 2. The molecule has 6 rings (SSSR count). The molecule has 0 radical (unpaired) electrons. The van der Waals surface area contributed by atoms with Crippen LogP contribution in [0.4, 0.5) is 10.1 Å². The van der Waals surface area contributed by atoms with Crippen LogP contribution in [0.5, 0.6) is 0 Å². The number of fused-ring (bicyclic) bond motifs is 2. The van der Waals surface area contributed by atoms with Crippen LogP contribution >= 0.6 is 0 Å². The van der Waals surface area contributed by atoms with Gasteiger partial charge in [-0.05, 0) is 65.6 Å². The summed E-state index contributed by atoms with van der Waals surface area (Å²) in [6.07, 6.45) is 7.29. The van der Waals surface area contributed by atoms with E-state index in [0.717, 1.165) is 57.0 Å². The van der Waals surface area contributed by atoms with Gasteiger partial charge in [-0.3, -0.25) is 14.9 Å². The van der Waals surface area contributed by atoms with Gasteiger partial charge in [-0.25, -0.2) is 22.5 Å². The number of amides is 1. The Morgan fingerprint density at radius 3 is 2.63 bits per heavy atom. The first-order chi connectivity index (χ1) is 20.7. The zero-order chi connectivity index (χ0) is 30.1. The molecule has 0 saturated heterocycles. The van der Waals surface area contributed by atoms with E-state index in [1.54, 1.807) is 24.7 Å². The molecule has 12 heteroatoms. The van der Waals surface area contributed by atoms with Gasteiger partial charge in [-0.15, -0.1) is 0 Å². The van der Waals surface area contributed by atoms with Crippen molar-refractivity contribution in [1.82, 2.24) is 29.9 Å². The largest absolute Gasteiger partial charge is 0.353 e. The first-order valence-corrected chi connectivity index (χ1v) is 15.5. The number of benzene rings is 2. The summed E-state index contributed by atoms with van der Waals surface area (Å²) in [6.45, 7) is 1.93. The Morgan fingerprint density at radius 1 is 0.977 bits per heavy atom. The minimum absolute atomic E-state index is 0.0169. The van der Waals surface area contributed by atoms with Crippen LogP contribution in [0, 0.1) is 5.82 Å². The lowest BCUT2D eigenvalue weighted by atomic mass is 9.99. The summed E-state index contributed by atoms with van der Waals surface area (Å²) < 4.78 is 40.1. The van der Waals surface area contributed by atoms with Crippen molar-refractivity contribution in [2.75, 3.05) is 11.6 Å². The molecule has 0 fully saturated rings. The highest BCUT2D eigenvalue weighted by Crippen LogP contribution is 2.35. The highest BCUT2D eigenvalue weighted by Gasteiger charge is 2.16. The van der Waals surface area contributed by atoms with E-state index in [4.69, 9.17) is 0 Å². The number of halogens is 1. The van der Waals surface area contributed by atoms with Crippen molar-refractivity contribution in [2.45, 2.75) is 26.3 Å². The van der Waals surface area contributed by atoms with Crippen molar-refractivity contribution in [3.8, 4) is 33.6 Å². The first kappa shape index (κ1) is 28.2. The highest BCUT2D eigenvalue weighted by atomic mass is 32.2. The summed E-state index contributed by atoms with van der Waals surface area (Å²) in [5.74, 6) is -0.525. The van der Waals surface area contributed by atoms with E-state index < -0.39 is 15.8 Å². The molecule has 4 heterocycles. The van der Waals surface area contributed by atoms with Gasteiger partial charge in [0.2, 0.25) is 15.9 Å². The fraction of sp³-hybridized carbons (Fsp3) is 0.161. The molecule has 0 bridgehead atoms. The first-order valence-electron chi connectivity index (χ1n) is 13.6. The third-order valence-corrected chi connectivity index (χ3v) is 7.65. The Balaban J connectivity index is 1.37. The van der Waals surface area contributed by atoms with Crippen LogP contribution in [0.15, 0.2) is 73.2 Å². The number of H-pyrrole nitrogens is 2. The summed E-state index contributed by atoms with van der Waals surface area (Å²) in [5.41, 5.74) is 6.98. The molecule has 1 amide bonds. The maximum Gasteiger partial charge on any atom is 0.224 e. The van der Waals surface area contributed by atoms with Crippen LogP contribution < -0.4 is 10.0 Å². The molecule has 0 aliphatic rings. The van der Waals surface area contributed by atoms with Crippen molar-refractivity contribution in [3.05, 3.63) is 84.6 Å². The van der Waals surface area contributed by atoms with Crippen molar-refractivity contribution in [1.29, 1.82) is 0 Å². The van der Waals surface area contributed by atoms with E-state index in [1.165, 1.54) is 12.1 Å². The van der Waals surface area contributed by atoms with Crippen molar-refractivity contribution in [2.24, 2.45) is 0 Å². The quantitative estimate of drug-likeness (QED) is 0.167.